The minimum atomic E-state index is -0.506. The number of nitrogens with one attached hydrogen (secondary N) is 1. The third-order valence-corrected chi connectivity index (χ3v) is 3.44. The van der Waals surface area contributed by atoms with Gasteiger partial charge >= 0.3 is 0 Å². The Morgan fingerprint density at radius 1 is 1.14 bits per heavy atom. The number of nitro groups is 1. The largest absolute Gasteiger partial charge is 0.352 e. The van der Waals surface area contributed by atoms with E-state index in [2.05, 4.69) is 5.32 Å². The number of aryl methyl sites for hydroxylation is 2. The van der Waals surface area contributed by atoms with Crippen LogP contribution in [0.3, 0.4) is 0 Å². The lowest BCUT2D eigenvalue weighted by Gasteiger charge is -2.07. The predicted molar refractivity (Wildman–Crippen MR) is 84.9 cm³/mol. The van der Waals surface area contributed by atoms with Crippen LogP contribution in [0.1, 0.15) is 27.9 Å². The number of amides is 1. The molecule has 0 saturated heterocycles. The van der Waals surface area contributed by atoms with Crippen LogP contribution in [0.25, 0.3) is 0 Å². The summed E-state index contributed by atoms with van der Waals surface area (Å²) in [5, 5.41) is 13.8. The highest BCUT2D eigenvalue weighted by atomic mass is 16.6. The fourth-order valence-corrected chi connectivity index (χ4v) is 2.32. The molecule has 2 aromatic rings. The summed E-state index contributed by atoms with van der Waals surface area (Å²) in [4.78, 5) is 22.7. The van der Waals surface area contributed by atoms with Gasteiger partial charge in [-0.2, -0.15) is 0 Å². The van der Waals surface area contributed by atoms with E-state index in [0.717, 1.165) is 12.8 Å². The predicted octanol–water partition coefficient (Wildman–Crippen LogP) is 3.27. The molecule has 0 aliphatic carbocycles. The van der Waals surface area contributed by atoms with Gasteiger partial charge in [0.1, 0.15) is 5.56 Å². The summed E-state index contributed by atoms with van der Waals surface area (Å²) >= 11 is 0. The number of nitro benzene ring substituents is 1. The number of rotatable bonds is 6. The van der Waals surface area contributed by atoms with Gasteiger partial charge in [-0.05, 0) is 31.4 Å². The Balaban J connectivity index is 1.93. The lowest BCUT2D eigenvalue weighted by Crippen LogP contribution is -2.25. The molecule has 0 radical (unpaired) electrons. The van der Waals surface area contributed by atoms with Gasteiger partial charge in [0, 0.05) is 12.1 Å². The van der Waals surface area contributed by atoms with Crippen molar-refractivity contribution in [1.82, 2.24) is 5.32 Å². The number of benzene rings is 2. The molecular weight excluding hydrogens is 280 g/mol. The highest BCUT2D eigenvalue weighted by molar-refractivity contribution is 5.98. The molecule has 22 heavy (non-hydrogen) atoms. The number of hydrogen-bond acceptors (Lipinski definition) is 3. The molecule has 0 saturated carbocycles. The van der Waals surface area contributed by atoms with Crippen LogP contribution in [-0.2, 0) is 6.42 Å². The third-order valence-electron chi connectivity index (χ3n) is 3.44. The molecule has 1 amide bonds. The van der Waals surface area contributed by atoms with Crippen molar-refractivity contribution in [3.8, 4) is 0 Å². The average molecular weight is 298 g/mol. The van der Waals surface area contributed by atoms with Gasteiger partial charge in [0.15, 0.2) is 0 Å². The van der Waals surface area contributed by atoms with Crippen LogP contribution in [0.4, 0.5) is 5.69 Å². The maximum atomic E-state index is 12.1. The Kier molecular flexibility index (Phi) is 5.25. The SMILES string of the molecule is Cc1cccc(C(=O)NCCCc2ccccc2)c1[N+](=O)[O-]. The van der Waals surface area contributed by atoms with Crippen molar-refractivity contribution < 1.29 is 9.72 Å². The van der Waals surface area contributed by atoms with Gasteiger partial charge in [0.2, 0.25) is 0 Å². The van der Waals surface area contributed by atoms with E-state index < -0.39 is 10.8 Å². The molecule has 0 bridgehead atoms. The highest BCUT2D eigenvalue weighted by Gasteiger charge is 2.21. The van der Waals surface area contributed by atoms with Crippen molar-refractivity contribution in [3.05, 3.63) is 75.3 Å². The van der Waals surface area contributed by atoms with Crippen LogP contribution in [-0.4, -0.2) is 17.4 Å². The second-order valence-corrected chi connectivity index (χ2v) is 5.07. The van der Waals surface area contributed by atoms with Gasteiger partial charge in [0.25, 0.3) is 11.6 Å². The first-order valence-electron chi connectivity index (χ1n) is 7.15. The van der Waals surface area contributed by atoms with E-state index in [-0.39, 0.29) is 11.3 Å². The summed E-state index contributed by atoms with van der Waals surface area (Å²) in [5.41, 5.74) is 1.69. The molecule has 2 aromatic carbocycles. The molecule has 5 nitrogen and oxygen atoms in total. The molecule has 5 heteroatoms. The minimum absolute atomic E-state index is 0.115. The number of carbonyl (C=O) groups is 1. The van der Waals surface area contributed by atoms with Gasteiger partial charge in [-0.1, -0.05) is 42.5 Å². The van der Waals surface area contributed by atoms with E-state index in [1.54, 1.807) is 19.1 Å². The molecular formula is C17H18N2O3. The maximum absolute atomic E-state index is 12.1. The maximum Gasteiger partial charge on any atom is 0.285 e. The second kappa shape index (κ2) is 7.36. The Bertz CT molecular complexity index is 669. The fourth-order valence-electron chi connectivity index (χ4n) is 2.32. The van der Waals surface area contributed by atoms with Crippen LogP contribution in [0, 0.1) is 17.0 Å². The van der Waals surface area contributed by atoms with Crippen molar-refractivity contribution >= 4 is 11.6 Å². The molecule has 0 spiro atoms. The third kappa shape index (κ3) is 3.91. The first kappa shape index (κ1) is 15.7. The van der Waals surface area contributed by atoms with Crippen LogP contribution in [0.5, 0.6) is 0 Å². The zero-order valence-electron chi connectivity index (χ0n) is 12.4. The number of carbonyl (C=O) groups excluding carboxylic acids is 1. The molecule has 114 valence electrons. The van der Waals surface area contributed by atoms with Crippen LogP contribution in [0.2, 0.25) is 0 Å². The Hall–Kier alpha value is -2.69. The normalized spacial score (nSPS) is 10.2. The molecule has 0 heterocycles. The van der Waals surface area contributed by atoms with Gasteiger partial charge in [-0.25, -0.2) is 0 Å². The topological polar surface area (TPSA) is 72.2 Å². The molecule has 0 aliphatic heterocycles. The summed E-state index contributed by atoms with van der Waals surface area (Å²) in [7, 11) is 0. The van der Waals surface area contributed by atoms with Gasteiger partial charge < -0.3 is 5.32 Å². The van der Waals surface area contributed by atoms with E-state index >= 15 is 0 Å². The molecule has 2 rings (SSSR count). The second-order valence-electron chi connectivity index (χ2n) is 5.07. The van der Waals surface area contributed by atoms with Gasteiger partial charge in [0.05, 0.1) is 4.92 Å². The van der Waals surface area contributed by atoms with Gasteiger partial charge in [-0.3, -0.25) is 14.9 Å². The Morgan fingerprint density at radius 2 is 1.86 bits per heavy atom. The minimum Gasteiger partial charge on any atom is -0.352 e. The van der Waals surface area contributed by atoms with Crippen molar-refractivity contribution in [1.29, 1.82) is 0 Å². The lowest BCUT2D eigenvalue weighted by molar-refractivity contribution is -0.385. The van der Waals surface area contributed by atoms with Crippen LogP contribution in [0.15, 0.2) is 48.5 Å². The van der Waals surface area contributed by atoms with Crippen LogP contribution >= 0.6 is 0 Å². The summed E-state index contributed by atoms with van der Waals surface area (Å²) in [6.07, 6.45) is 1.65. The van der Waals surface area contributed by atoms with E-state index in [4.69, 9.17) is 0 Å². The Labute approximate surface area is 129 Å². The first-order chi connectivity index (χ1) is 10.6. The molecule has 0 fully saturated rings. The Morgan fingerprint density at radius 3 is 2.55 bits per heavy atom. The number of para-hydroxylation sites is 1. The standard InChI is InChI=1S/C17H18N2O3/c1-13-7-5-11-15(16(13)19(21)22)17(20)18-12-6-10-14-8-3-2-4-9-14/h2-5,7-9,11H,6,10,12H2,1H3,(H,18,20). The monoisotopic (exact) mass is 298 g/mol. The zero-order chi connectivity index (χ0) is 15.9. The zero-order valence-corrected chi connectivity index (χ0v) is 12.4. The average Bonchev–Trinajstić information content (AvgIpc) is 2.51. The molecule has 0 aliphatic rings. The van der Waals surface area contributed by atoms with E-state index in [9.17, 15) is 14.9 Å². The molecule has 0 atom stereocenters. The summed E-state index contributed by atoms with van der Waals surface area (Å²) in [6.45, 7) is 2.11. The van der Waals surface area contributed by atoms with Gasteiger partial charge in [-0.15, -0.1) is 0 Å². The number of nitrogens with zero attached hydrogens (tertiary/aromatic N) is 1. The molecule has 0 aromatic heterocycles. The highest BCUT2D eigenvalue weighted by Crippen LogP contribution is 2.22. The summed E-state index contributed by atoms with van der Waals surface area (Å²) in [6, 6.07) is 14.7. The van der Waals surface area contributed by atoms with E-state index in [0.29, 0.717) is 12.1 Å². The van der Waals surface area contributed by atoms with Crippen LogP contribution < -0.4 is 5.32 Å². The summed E-state index contributed by atoms with van der Waals surface area (Å²) in [5.74, 6) is -0.400. The smallest absolute Gasteiger partial charge is 0.285 e. The first-order valence-corrected chi connectivity index (χ1v) is 7.15. The van der Waals surface area contributed by atoms with E-state index in [1.165, 1.54) is 11.6 Å². The molecule has 0 unspecified atom stereocenters. The van der Waals surface area contributed by atoms with Crippen molar-refractivity contribution in [2.75, 3.05) is 6.54 Å². The summed E-state index contributed by atoms with van der Waals surface area (Å²) < 4.78 is 0. The van der Waals surface area contributed by atoms with E-state index in [1.807, 2.05) is 30.3 Å². The van der Waals surface area contributed by atoms with Crippen molar-refractivity contribution in [2.45, 2.75) is 19.8 Å². The quantitative estimate of drug-likeness (QED) is 0.505. The fraction of sp³-hybridized carbons (Fsp3) is 0.235. The molecule has 1 N–H and O–H groups in total. The lowest BCUT2D eigenvalue weighted by atomic mass is 10.1. The number of hydrogen-bond donors (Lipinski definition) is 1. The van der Waals surface area contributed by atoms with Crippen molar-refractivity contribution in [2.24, 2.45) is 0 Å². The van der Waals surface area contributed by atoms with Crippen molar-refractivity contribution in [3.63, 3.8) is 0 Å².